The molecule has 0 rings (SSSR count). The average Bonchev–Trinajstić information content (AvgIpc) is 1.97. The number of alkyl halides is 1. The van der Waals surface area contributed by atoms with Gasteiger partial charge in [-0.25, -0.2) is 0 Å². The molecule has 0 aliphatic rings. The summed E-state index contributed by atoms with van der Waals surface area (Å²) in [5.41, 5.74) is 1.28. The number of unbranched alkanes of at least 4 members (excludes halogenated alkanes) is 1. The lowest BCUT2D eigenvalue weighted by molar-refractivity contribution is 0.535. The van der Waals surface area contributed by atoms with E-state index in [0.29, 0.717) is 11.3 Å². The normalized spacial score (nSPS) is 13.4. The van der Waals surface area contributed by atoms with Crippen LogP contribution in [-0.4, -0.2) is 5.38 Å². The fourth-order valence-corrected chi connectivity index (χ4v) is 1.25. The maximum atomic E-state index is 6.11. The zero-order chi connectivity index (χ0) is 9.56. The van der Waals surface area contributed by atoms with Crippen LogP contribution < -0.4 is 0 Å². The Kier molecular flexibility index (Phi) is 6.55. The van der Waals surface area contributed by atoms with Crippen LogP contribution in [0.5, 0.6) is 0 Å². The summed E-state index contributed by atoms with van der Waals surface area (Å²) in [4.78, 5) is 0. The van der Waals surface area contributed by atoms with Gasteiger partial charge in [0.25, 0.3) is 0 Å². The summed E-state index contributed by atoms with van der Waals surface area (Å²) in [7, 11) is 0. The molecule has 1 unspecified atom stereocenters. The molecule has 0 aliphatic heterocycles. The van der Waals surface area contributed by atoms with Crippen LogP contribution in [0.2, 0.25) is 0 Å². The Morgan fingerprint density at radius 3 is 2.33 bits per heavy atom. The molecule has 0 heterocycles. The minimum absolute atomic E-state index is 0.357. The van der Waals surface area contributed by atoms with Crippen molar-refractivity contribution in [1.82, 2.24) is 0 Å². The molecule has 12 heavy (non-hydrogen) atoms. The average molecular weight is 189 g/mol. The molecule has 0 amide bonds. The lowest BCUT2D eigenvalue weighted by Gasteiger charge is -2.12. The number of rotatable bonds is 6. The van der Waals surface area contributed by atoms with E-state index in [0.717, 1.165) is 12.8 Å². The highest BCUT2D eigenvalue weighted by molar-refractivity contribution is 6.20. The quantitative estimate of drug-likeness (QED) is 0.330. The van der Waals surface area contributed by atoms with Gasteiger partial charge in [-0.15, -0.1) is 18.2 Å². The Morgan fingerprint density at radius 2 is 1.92 bits per heavy atom. The molecule has 0 aromatic carbocycles. The second-order valence-electron chi connectivity index (χ2n) is 3.96. The van der Waals surface area contributed by atoms with Gasteiger partial charge in [-0.2, -0.15) is 0 Å². The number of allylic oxidation sites excluding steroid dienone is 1. The third kappa shape index (κ3) is 6.72. The molecule has 1 atom stereocenters. The van der Waals surface area contributed by atoms with Gasteiger partial charge in [0.2, 0.25) is 0 Å². The second kappa shape index (κ2) is 6.54. The second-order valence-corrected chi connectivity index (χ2v) is 4.52. The summed E-state index contributed by atoms with van der Waals surface area (Å²) in [6.45, 7) is 10.3. The zero-order valence-corrected chi connectivity index (χ0v) is 9.32. The van der Waals surface area contributed by atoms with Gasteiger partial charge < -0.3 is 0 Å². The van der Waals surface area contributed by atoms with Crippen LogP contribution in [0.1, 0.15) is 46.5 Å². The van der Waals surface area contributed by atoms with Crippen molar-refractivity contribution in [3.05, 3.63) is 12.2 Å². The predicted octanol–water partition coefficient (Wildman–Crippen LogP) is 4.39. The Balaban J connectivity index is 3.25. The van der Waals surface area contributed by atoms with Gasteiger partial charge in [0.05, 0.1) is 0 Å². The molecular weight excluding hydrogens is 168 g/mol. The molecule has 0 N–H and O–H groups in total. The van der Waals surface area contributed by atoms with Crippen molar-refractivity contribution in [3.63, 3.8) is 0 Å². The van der Waals surface area contributed by atoms with Gasteiger partial charge in [0, 0.05) is 5.38 Å². The summed E-state index contributed by atoms with van der Waals surface area (Å²) in [5.74, 6) is 0.608. The monoisotopic (exact) mass is 188 g/mol. The lowest BCUT2D eigenvalue weighted by Crippen LogP contribution is -2.06. The van der Waals surface area contributed by atoms with E-state index in [9.17, 15) is 0 Å². The molecule has 0 radical (unpaired) electrons. The maximum Gasteiger partial charge on any atom is 0.0359 e. The van der Waals surface area contributed by atoms with Crippen LogP contribution in [0.4, 0.5) is 0 Å². The Morgan fingerprint density at radius 1 is 1.33 bits per heavy atom. The molecule has 0 nitrogen and oxygen atoms in total. The highest BCUT2D eigenvalue weighted by Crippen LogP contribution is 2.17. The smallest absolute Gasteiger partial charge is 0.0359 e. The molecular formula is C11H21Cl. The van der Waals surface area contributed by atoms with E-state index in [1.807, 2.05) is 0 Å². The van der Waals surface area contributed by atoms with Gasteiger partial charge in [-0.1, -0.05) is 25.8 Å². The summed E-state index contributed by atoms with van der Waals surface area (Å²) >= 11 is 6.11. The first-order valence-corrected chi connectivity index (χ1v) is 5.26. The Hall–Kier alpha value is 0.0300. The first-order valence-electron chi connectivity index (χ1n) is 4.82. The third-order valence-corrected chi connectivity index (χ3v) is 2.78. The molecule has 0 aromatic heterocycles. The first kappa shape index (κ1) is 12.0. The summed E-state index contributed by atoms with van der Waals surface area (Å²) in [5, 5.41) is 0.357. The first-order chi connectivity index (χ1) is 5.54. The van der Waals surface area contributed by atoms with Crippen molar-refractivity contribution in [2.75, 3.05) is 0 Å². The van der Waals surface area contributed by atoms with Crippen LogP contribution in [0.15, 0.2) is 12.2 Å². The third-order valence-electron chi connectivity index (χ3n) is 2.06. The van der Waals surface area contributed by atoms with Gasteiger partial charge in [0.1, 0.15) is 0 Å². The summed E-state index contributed by atoms with van der Waals surface area (Å²) in [6.07, 6.45) is 4.78. The van der Waals surface area contributed by atoms with E-state index >= 15 is 0 Å². The summed E-state index contributed by atoms with van der Waals surface area (Å²) in [6, 6.07) is 0. The molecule has 1 heteroatoms. The fraction of sp³-hybridized carbons (Fsp3) is 0.818. The van der Waals surface area contributed by atoms with Gasteiger partial charge in [-0.3, -0.25) is 0 Å². The van der Waals surface area contributed by atoms with Crippen molar-refractivity contribution in [1.29, 1.82) is 0 Å². The highest BCUT2D eigenvalue weighted by atomic mass is 35.5. The molecule has 0 aromatic rings. The van der Waals surface area contributed by atoms with E-state index in [1.165, 1.54) is 18.4 Å². The number of hydrogen-bond donors (Lipinski definition) is 0. The van der Waals surface area contributed by atoms with Crippen molar-refractivity contribution >= 4 is 11.6 Å². The summed E-state index contributed by atoms with van der Waals surface area (Å²) < 4.78 is 0. The molecule has 0 saturated carbocycles. The fourth-order valence-electron chi connectivity index (χ4n) is 1.10. The molecule has 0 saturated heterocycles. The van der Waals surface area contributed by atoms with E-state index in [1.54, 1.807) is 0 Å². The SMILES string of the molecule is C=C(C)CCCCC(Cl)C(C)C. The van der Waals surface area contributed by atoms with Crippen LogP contribution in [0.3, 0.4) is 0 Å². The van der Waals surface area contributed by atoms with Crippen molar-refractivity contribution in [2.24, 2.45) is 5.92 Å². The van der Waals surface area contributed by atoms with Crippen LogP contribution in [-0.2, 0) is 0 Å². The van der Waals surface area contributed by atoms with Gasteiger partial charge in [0.15, 0.2) is 0 Å². The van der Waals surface area contributed by atoms with Crippen LogP contribution in [0, 0.1) is 5.92 Å². The van der Waals surface area contributed by atoms with Gasteiger partial charge >= 0.3 is 0 Å². The molecule has 0 bridgehead atoms. The van der Waals surface area contributed by atoms with Crippen LogP contribution in [0.25, 0.3) is 0 Å². The van der Waals surface area contributed by atoms with Crippen molar-refractivity contribution in [2.45, 2.75) is 51.8 Å². The molecule has 0 fully saturated rings. The predicted molar refractivity (Wildman–Crippen MR) is 57.8 cm³/mol. The largest absolute Gasteiger partial charge is 0.123 e. The Bertz CT molecular complexity index is 127. The Labute approximate surface area is 82.0 Å². The minimum atomic E-state index is 0.357. The molecule has 0 aliphatic carbocycles. The molecule has 0 spiro atoms. The highest BCUT2D eigenvalue weighted by Gasteiger charge is 2.07. The van der Waals surface area contributed by atoms with E-state index < -0.39 is 0 Å². The minimum Gasteiger partial charge on any atom is -0.123 e. The number of halogens is 1. The lowest BCUT2D eigenvalue weighted by atomic mass is 10.0. The van der Waals surface area contributed by atoms with Crippen LogP contribution >= 0.6 is 11.6 Å². The van der Waals surface area contributed by atoms with E-state index in [4.69, 9.17) is 11.6 Å². The van der Waals surface area contributed by atoms with Crippen molar-refractivity contribution < 1.29 is 0 Å². The van der Waals surface area contributed by atoms with Crippen molar-refractivity contribution in [3.8, 4) is 0 Å². The molecule has 72 valence electrons. The topological polar surface area (TPSA) is 0 Å². The number of hydrogen-bond acceptors (Lipinski definition) is 0. The standard InChI is InChI=1S/C11H21Cl/c1-9(2)7-5-6-8-11(12)10(3)4/h10-11H,1,5-8H2,2-4H3. The van der Waals surface area contributed by atoms with E-state index in [2.05, 4.69) is 27.4 Å². The zero-order valence-electron chi connectivity index (χ0n) is 8.57. The van der Waals surface area contributed by atoms with E-state index in [-0.39, 0.29) is 0 Å². The van der Waals surface area contributed by atoms with Gasteiger partial charge in [-0.05, 0) is 32.1 Å². The maximum absolute atomic E-state index is 6.11.